The second-order valence-corrected chi connectivity index (χ2v) is 3.67. The van der Waals surface area contributed by atoms with Crippen molar-refractivity contribution >= 4 is 0 Å². The molecule has 1 aliphatic rings. The van der Waals surface area contributed by atoms with Gasteiger partial charge in [0.25, 0.3) is 0 Å². The monoisotopic (exact) mass is 190 g/mol. The van der Waals surface area contributed by atoms with Gasteiger partial charge in [-0.25, -0.2) is 0 Å². The molecular formula is C12H18N2. The fourth-order valence-electron chi connectivity index (χ4n) is 1.63. The van der Waals surface area contributed by atoms with E-state index in [0.29, 0.717) is 6.04 Å². The standard InChI is InChI=1S/C12H18N2/c1-7-8-12-10(4)13(6)11(5)14(12)9(2)3/h7-9H,1,4-5H2,2-3,6H3/b12-8+. The third-order valence-corrected chi connectivity index (χ3v) is 2.42. The lowest BCUT2D eigenvalue weighted by molar-refractivity contribution is 0.340. The molecule has 76 valence electrons. The van der Waals surface area contributed by atoms with Gasteiger partial charge in [0.15, 0.2) is 0 Å². The highest BCUT2D eigenvalue weighted by Crippen LogP contribution is 2.34. The van der Waals surface area contributed by atoms with Crippen LogP contribution in [-0.2, 0) is 0 Å². The van der Waals surface area contributed by atoms with Crippen LogP contribution in [0.1, 0.15) is 13.8 Å². The molecule has 14 heavy (non-hydrogen) atoms. The Kier molecular flexibility index (Phi) is 2.84. The van der Waals surface area contributed by atoms with Gasteiger partial charge in [0.2, 0.25) is 0 Å². The largest absolute Gasteiger partial charge is 0.330 e. The second kappa shape index (κ2) is 3.74. The van der Waals surface area contributed by atoms with Crippen molar-refractivity contribution in [3.63, 3.8) is 0 Å². The summed E-state index contributed by atoms with van der Waals surface area (Å²) in [7, 11) is 1.98. The van der Waals surface area contributed by atoms with Gasteiger partial charge in [0, 0.05) is 13.1 Å². The molecule has 0 aromatic rings. The minimum absolute atomic E-state index is 0.385. The van der Waals surface area contributed by atoms with Crippen LogP contribution in [0.3, 0.4) is 0 Å². The Balaban J connectivity index is 3.14. The minimum atomic E-state index is 0.385. The topological polar surface area (TPSA) is 6.48 Å². The third kappa shape index (κ3) is 1.48. The SMILES string of the molecule is C=C/C=C1\C(=C)N(C)C(=C)N1C(C)C. The van der Waals surface area contributed by atoms with Crippen molar-refractivity contribution in [3.8, 4) is 0 Å². The molecule has 2 nitrogen and oxygen atoms in total. The lowest BCUT2D eigenvalue weighted by Gasteiger charge is -2.24. The highest BCUT2D eigenvalue weighted by Gasteiger charge is 2.30. The Morgan fingerprint density at radius 3 is 2.29 bits per heavy atom. The number of allylic oxidation sites excluding steroid dienone is 2. The zero-order valence-electron chi connectivity index (χ0n) is 9.25. The van der Waals surface area contributed by atoms with E-state index in [1.165, 1.54) is 0 Å². The molecule has 0 saturated carbocycles. The molecule has 1 fully saturated rings. The smallest absolute Gasteiger partial charge is 0.106 e. The molecule has 1 rings (SSSR count). The predicted octanol–water partition coefficient (Wildman–Crippen LogP) is 2.70. The average Bonchev–Trinajstić information content (AvgIpc) is 2.32. The molecule has 2 heteroatoms. The van der Waals surface area contributed by atoms with Gasteiger partial charge in [-0.3, -0.25) is 0 Å². The first-order chi connectivity index (χ1) is 6.50. The van der Waals surface area contributed by atoms with Crippen molar-refractivity contribution in [1.29, 1.82) is 0 Å². The fourth-order valence-corrected chi connectivity index (χ4v) is 1.63. The number of hydrogen-bond donors (Lipinski definition) is 0. The molecule has 0 atom stereocenters. The van der Waals surface area contributed by atoms with Crippen LogP contribution >= 0.6 is 0 Å². The maximum absolute atomic E-state index is 4.04. The summed E-state index contributed by atoms with van der Waals surface area (Å²) in [4.78, 5) is 4.15. The molecule has 0 bridgehead atoms. The van der Waals surface area contributed by atoms with Crippen LogP contribution in [0.2, 0.25) is 0 Å². The first kappa shape index (κ1) is 10.6. The third-order valence-electron chi connectivity index (χ3n) is 2.42. The Morgan fingerprint density at radius 1 is 1.29 bits per heavy atom. The molecule has 0 unspecified atom stereocenters. The van der Waals surface area contributed by atoms with E-state index in [1.54, 1.807) is 6.08 Å². The number of nitrogens with zero attached hydrogens (tertiary/aromatic N) is 2. The molecule has 0 aromatic heterocycles. The normalized spacial score (nSPS) is 20.1. The van der Waals surface area contributed by atoms with E-state index in [1.807, 2.05) is 18.0 Å². The van der Waals surface area contributed by atoms with Crippen LogP contribution in [-0.4, -0.2) is 22.9 Å². The Labute approximate surface area is 86.5 Å². The van der Waals surface area contributed by atoms with E-state index < -0.39 is 0 Å². The molecule has 0 aliphatic carbocycles. The van der Waals surface area contributed by atoms with E-state index >= 15 is 0 Å². The fraction of sp³-hybridized carbons (Fsp3) is 0.333. The highest BCUT2D eigenvalue weighted by atomic mass is 15.4. The van der Waals surface area contributed by atoms with Crippen molar-refractivity contribution in [3.05, 3.63) is 49.1 Å². The number of hydrogen-bond acceptors (Lipinski definition) is 2. The van der Waals surface area contributed by atoms with E-state index in [-0.39, 0.29) is 0 Å². The Bertz CT molecular complexity index is 310. The van der Waals surface area contributed by atoms with Gasteiger partial charge in [-0.1, -0.05) is 25.8 Å². The van der Waals surface area contributed by atoms with Crippen LogP contribution in [0.15, 0.2) is 49.1 Å². The van der Waals surface area contributed by atoms with Gasteiger partial charge in [0.05, 0.1) is 11.4 Å². The number of rotatable bonds is 2. The zero-order valence-corrected chi connectivity index (χ0v) is 9.25. The van der Waals surface area contributed by atoms with Gasteiger partial charge in [-0.05, 0) is 19.9 Å². The lowest BCUT2D eigenvalue weighted by atomic mass is 10.2. The molecule has 1 saturated heterocycles. The summed E-state index contributed by atoms with van der Waals surface area (Å²) in [6.07, 6.45) is 3.75. The Morgan fingerprint density at radius 2 is 1.86 bits per heavy atom. The average molecular weight is 190 g/mol. The maximum Gasteiger partial charge on any atom is 0.106 e. The molecule has 0 N–H and O–H groups in total. The summed E-state index contributed by atoms with van der Waals surface area (Å²) >= 11 is 0. The first-order valence-corrected chi connectivity index (χ1v) is 4.74. The van der Waals surface area contributed by atoms with Gasteiger partial charge in [0.1, 0.15) is 5.82 Å². The van der Waals surface area contributed by atoms with E-state index in [0.717, 1.165) is 17.2 Å². The van der Waals surface area contributed by atoms with Crippen LogP contribution < -0.4 is 0 Å². The summed E-state index contributed by atoms with van der Waals surface area (Å²) in [5.74, 6) is 0.970. The summed E-state index contributed by atoms with van der Waals surface area (Å²) < 4.78 is 0. The van der Waals surface area contributed by atoms with Crippen molar-refractivity contribution in [1.82, 2.24) is 9.80 Å². The molecular weight excluding hydrogens is 172 g/mol. The van der Waals surface area contributed by atoms with Gasteiger partial charge >= 0.3 is 0 Å². The van der Waals surface area contributed by atoms with Crippen LogP contribution in [0.4, 0.5) is 0 Å². The minimum Gasteiger partial charge on any atom is -0.330 e. The molecule has 0 spiro atoms. The molecule has 0 radical (unpaired) electrons. The summed E-state index contributed by atoms with van der Waals surface area (Å²) in [6, 6.07) is 0.385. The van der Waals surface area contributed by atoms with Crippen LogP contribution in [0, 0.1) is 0 Å². The predicted molar refractivity (Wildman–Crippen MR) is 61.3 cm³/mol. The van der Waals surface area contributed by atoms with Gasteiger partial charge in [-0.15, -0.1) is 0 Å². The lowest BCUT2D eigenvalue weighted by Crippen LogP contribution is -2.26. The summed E-state index contributed by atoms with van der Waals surface area (Å²) in [5.41, 5.74) is 2.06. The van der Waals surface area contributed by atoms with Gasteiger partial charge in [-0.2, -0.15) is 0 Å². The maximum atomic E-state index is 4.04. The van der Waals surface area contributed by atoms with Gasteiger partial charge < -0.3 is 9.80 Å². The summed E-state index contributed by atoms with van der Waals surface area (Å²) in [6.45, 7) is 16.0. The number of likely N-dealkylation sites (N-methyl/N-ethyl adjacent to an activating group) is 1. The zero-order chi connectivity index (χ0) is 10.9. The molecule has 1 aliphatic heterocycles. The Hall–Kier alpha value is -1.44. The highest BCUT2D eigenvalue weighted by molar-refractivity contribution is 5.39. The van der Waals surface area contributed by atoms with Crippen molar-refractivity contribution in [2.45, 2.75) is 19.9 Å². The van der Waals surface area contributed by atoms with Crippen molar-refractivity contribution in [2.75, 3.05) is 7.05 Å². The first-order valence-electron chi connectivity index (χ1n) is 4.74. The molecule has 1 heterocycles. The van der Waals surface area contributed by atoms with E-state index in [9.17, 15) is 0 Å². The van der Waals surface area contributed by atoms with Crippen molar-refractivity contribution < 1.29 is 0 Å². The quantitative estimate of drug-likeness (QED) is 0.660. The van der Waals surface area contributed by atoms with Crippen LogP contribution in [0.5, 0.6) is 0 Å². The van der Waals surface area contributed by atoms with Crippen molar-refractivity contribution in [2.24, 2.45) is 0 Å². The summed E-state index contributed by atoms with van der Waals surface area (Å²) in [5, 5.41) is 0. The van der Waals surface area contributed by atoms with Crippen LogP contribution in [0.25, 0.3) is 0 Å². The molecule has 0 aromatic carbocycles. The molecule has 0 amide bonds. The van der Waals surface area contributed by atoms with E-state index in [4.69, 9.17) is 0 Å². The van der Waals surface area contributed by atoms with E-state index in [2.05, 4.69) is 38.5 Å². The second-order valence-electron chi connectivity index (χ2n) is 3.67.